The van der Waals surface area contributed by atoms with Crippen LogP contribution in [-0.2, 0) is 15.1 Å². The van der Waals surface area contributed by atoms with Gasteiger partial charge in [0.15, 0.2) is 5.60 Å². The summed E-state index contributed by atoms with van der Waals surface area (Å²) in [6, 6.07) is 10.5. The average Bonchev–Trinajstić information content (AvgIpc) is 2.83. The van der Waals surface area contributed by atoms with Crippen molar-refractivity contribution in [2.75, 3.05) is 13.1 Å². The van der Waals surface area contributed by atoms with Crippen molar-refractivity contribution in [3.63, 3.8) is 0 Å². The molecule has 3 nitrogen and oxygen atoms in total. The summed E-state index contributed by atoms with van der Waals surface area (Å²) < 4.78 is 5.98. The predicted molar refractivity (Wildman–Crippen MR) is 85.1 cm³/mol. The van der Waals surface area contributed by atoms with Crippen molar-refractivity contribution in [2.45, 2.75) is 58.1 Å². The molecule has 21 heavy (non-hydrogen) atoms. The van der Waals surface area contributed by atoms with Crippen molar-refractivity contribution in [3.05, 3.63) is 35.9 Å². The Bertz CT molecular complexity index is 460. The Balaban J connectivity index is 2.27. The van der Waals surface area contributed by atoms with E-state index in [1.54, 1.807) is 0 Å². The second-order valence-electron chi connectivity index (χ2n) is 5.90. The van der Waals surface area contributed by atoms with E-state index in [4.69, 9.17) is 4.74 Å². The normalized spacial score (nSPS) is 26.0. The molecule has 0 bridgehead atoms. The Labute approximate surface area is 128 Å². The van der Waals surface area contributed by atoms with Crippen LogP contribution in [0.1, 0.15) is 52.0 Å². The van der Waals surface area contributed by atoms with Gasteiger partial charge < -0.3 is 4.74 Å². The first-order valence-corrected chi connectivity index (χ1v) is 8.15. The number of likely N-dealkylation sites (tertiary alicyclic amines) is 1. The molecule has 1 aliphatic heterocycles. The molecule has 2 atom stereocenters. The molecule has 116 valence electrons. The van der Waals surface area contributed by atoms with Crippen LogP contribution in [0, 0.1) is 0 Å². The summed E-state index contributed by atoms with van der Waals surface area (Å²) in [5.74, 6) is -0.108. The molecule has 1 fully saturated rings. The Morgan fingerprint density at radius 1 is 1.33 bits per heavy atom. The van der Waals surface area contributed by atoms with Gasteiger partial charge in [0.05, 0.1) is 6.04 Å². The fourth-order valence-electron chi connectivity index (χ4n) is 3.25. The van der Waals surface area contributed by atoms with E-state index in [1.807, 2.05) is 25.1 Å². The molecule has 3 heteroatoms. The molecule has 0 aliphatic carbocycles. The standard InChI is InChI=1S/C18H27NO2/c1-4-6-13-19-14-12-18(15(19)3,21-17(20)5-2)16-10-8-7-9-11-16/h7-11,15H,4-6,12-14H2,1-3H3/t15-,18-/m0/s1. The average molecular weight is 289 g/mol. The lowest BCUT2D eigenvalue weighted by Crippen LogP contribution is -2.44. The Hall–Kier alpha value is -1.35. The Morgan fingerprint density at radius 2 is 2.05 bits per heavy atom. The third-order valence-electron chi connectivity index (χ3n) is 4.64. The fourth-order valence-corrected chi connectivity index (χ4v) is 3.25. The number of benzene rings is 1. The molecule has 0 saturated carbocycles. The molecule has 0 radical (unpaired) electrons. The van der Waals surface area contributed by atoms with Crippen molar-refractivity contribution < 1.29 is 9.53 Å². The first-order valence-electron chi connectivity index (χ1n) is 8.15. The third kappa shape index (κ3) is 3.29. The van der Waals surface area contributed by atoms with Crippen LogP contribution in [-0.4, -0.2) is 30.0 Å². The number of ether oxygens (including phenoxy) is 1. The maximum Gasteiger partial charge on any atom is 0.306 e. The lowest BCUT2D eigenvalue weighted by atomic mass is 9.86. The SMILES string of the molecule is CCCCN1CC[C@@](OC(=O)CC)(c2ccccc2)[C@@H]1C. The van der Waals surface area contributed by atoms with Gasteiger partial charge in [-0.15, -0.1) is 0 Å². The summed E-state index contributed by atoms with van der Waals surface area (Å²) in [4.78, 5) is 14.4. The van der Waals surface area contributed by atoms with Crippen LogP contribution >= 0.6 is 0 Å². The van der Waals surface area contributed by atoms with Crippen molar-refractivity contribution in [2.24, 2.45) is 0 Å². The summed E-state index contributed by atoms with van der Waals surface area (Å²) in [6.45, 7) is 8.33. The molecule has 2 rings (SSSR count). The highest BCUT2D eigenvalue weighted by atomic mass is 16.6. The maximum atomic E-state index is 12.0. The van der Waals surface area contributed by atoms with Crippen LogP contribution in [0.5, 0.6) is 0 Å². The molecule has 1 saturated heterocycles. The first-order chi connectivity index (χ1) is 10.1. The van der Waals surface area contributed by atoms with E-state index in [0.717, 1.165) is 25.1 Å². The van der Waals surface area contributed by atoms with E-state index in [9.17, 15) is 4.79 Å². The molecule has 1 aromatic rings. The number of nitrogens with zero attached hydrogens (tertiary/aromatic N) is 1. The lowest BCUT2D eigenvalue weighted by molar-refractivity contribution is -0.163. The second-order valence-corrected chi connectivity index (χ2v) is 5.90. The van der Waals surface area contributed by atoms with Crippen LogP contribution in [0.3, 0.4) is 0 Å². The largest absolute Gasteiger partial charge is 0.452 e. The summed E-state index contributed by atoms with van der Waals surface area (Å²) >= 11 is 0. The van der Waals surface area contributed by atoms with Crippen molar-refractivity contribution in [1.29, 1.82) is 0 Å². The Morgan fingerprint density at radius 3 is 2.67 bits per heavy atom. The minimum absolute atomic E-state index is 0.108. The Kier molecular flexibility index (Phi) is 5.40. The number of hydrogen-bond donors (Lipinski definition) is 0. The van der Waals surface area contributed by atoms with E-state index >= 15 is 0 Å². The van der Waals surface area contributed by atoms with Gasteiger partial charge in [-0.05, 0) is 25.5 Å². The van der Waals surface area contributed by atoms with Crippen molar-refractivity contribution in [3.8, 4) is 0 Å². The molecular weight excluding hydrogens is 262 g/mol. The quantitative estimate of drug-likeness (QED) is 0.747. The van der Waals surface area contributed by atoms with Gasteiger partial charge in [-0.3, -0.25) is 9.69 Å². The smallest absolute Gasteiger partial charge is 0.306 e. The van der Waals surface area contributed by atoms with Gasteiger partial charge in [0.1, 0.15) is 0 Å². The van der Waals surface area contributed by atoms with Gasteiger partial charge >= 0.3 is 5.97 Å². The van der Waals surface area contributed by atoms with E-state index in [0.29, 0.717) is 6.42 Å². The van der Waals surface area contributed by atoms with Gasteiger partial charge in [-0.2, -0.15) is 0 Å². The summed E-state index contributed by atoms with van der Waals surface area (Å²) in [5.41, 5.74) is 0.639. The monoisotopic (exact) mass is 289 g/mol. The zero-order chi connectivity index (χ0) is 15.3. The number of carbonyl (C=O) groups excluding carboxylic acids is 1. The molecule has 0 amide bonds. The summed E-state index contributed by atoms with van der Waals surface area (Å²) in [5, 5.41) is 0. The van der Waals surface area contributed by atoms with E-state index < -0.39 is 5.60 Å². The van der Waals surface area contributed by atoms with Crippen LogP contribution in [0.4, 0.5) is 0 Å². The van der Waals surface area contributed by atoms with E-state index in [2.05, 4.69) is 30.9 Å². The van der Waals surface area contributed by atoms with Gasteiger partial charge in [0.25, 0.3) is 0 Å². The van der Waals surface area contributed by atoms with Crippen LogP contribution in [0.15, 0.2) is 30.3 Å². The highest BCUT2D eigenvalue weighted by molar-refractivity contribution is 5.70. The van der Waals surface area contributed by atoms with Crippen LogP contribution in [0.25, 0.3) is 0 Å². The van der Waals surface area contributed by atoms with Crippen molar-refractivity contribution in [1.82, 2.24) is 4.90 Å². The number of unbranched alkanes of at least 4 members (excludes halogenated alkanes) is 1. The molecule has 1 aromatic carbocycles. The molecule has 0 unspecified atom stereocenters. The van der Waals surface area contributed by atoms with Crippen LogP contribution in [0.2, 0.25) is 0 Å². The van der Waals surface area contributed by atoms with E-state index in [1.165, 1.54) is 12.8 Å². The molecular formula is C18H27NO2. The minimum Gasteiger partial charge on any atom is -0.452 e. The topological polar surface area (TPSA) is 29.5 Å². The number of rotatable bonds is 6. The van der Waals surface area contributed by atoms with Crippen molar-refractivity contribution >= 4 is 5.97 Å². The summed E-state index contributed by atoms with van der Waals surface area (Å²) in [7, 11) is 0. The fraction of sp³-hybridized carbons (Fsp3) is 0.611. The predicted octanol–water partition coefficient (Wildman–Crippen LogP) is 3.73. The zero-order valence-corrected chi connectivity index (χ0v) is 13.5. The molecule has 1 heterocycles. The van der Waals surface area contributed by atoms with Gasteiger partial charge in [0.2, 0.25) is 0 Å². The van der Waals surface area contributed by atoms with Gasteiger partial charge in [-0.1, -0.05) is 50.6 Å². The van der Waals surface area contributed by atoms with E-state index in [-0.39, 0.29) is 12.0 Å². The third-order valence-corrected chi connectivity index (χ3v) is 4.64. The highest BCUT2D eigenvalue weighted by Crippen LogP contribution is 2.41. The first kappa shape index (κ1) is 16.0. The van der Waals surface area contributed by atoms with Gasteiger partial charge in [-0.25, -0.2) is 0 Å². The second kappa shape index (κ2) is 7.08. The molecule has 0 spiro atoms. The van der Waals surface area contributed by atoms with Gasteiger partial charge in [0, 0.05) is 19.4 Å². The molecule has 1 aliphatic rings. The maximum absolute atomic E-state index is 12.0. The molecule has 0 aromatic heterocycles. The van der Waals surface area contributed by atoms with Crippen LogP contribution < -0.4 is 0 Å². The summed E-state index contributed by atoms with van der Waals surface area (Å²) in [6.07, 6.45) is 3.69. The zero-order valence-electron chi connectivity index (χ0n) is 13.5. The minimum atomic E-state index is -0.484. The number of hydrogen-bond acceptors (Lipinski definition) is 3. The molecule has 0 N–H and O–H groups in total. The highest BCUT2D eigenvalue weighted by Gasteiger charge is 2.48. The lowest BCUT2D eigenvalue weighted by Gasteiger charge is -2.36. The number of carbonyl (C=O) groups is 1. The number of esters is 1.